The van der Waals surface area contributed by atoms with Gasteiger partial charge in [-0.1, -0.05) is 36.1 Å². The van der Waals surface area contributed by atoms with E-state index in [1.807, 2.05) is 13.0 Å². The molecule has 1 saturated heterocycles. The van der Waals surface area contributed by atoms with Crippen LogP contribution < -0.4 is 9.47 Å². The smallest absolute Gasteiger partial charge is 0.266 e. The molecule has 0 saturated carbocycles. The molecule has 124 valence electrons. The predicted octanol–water partition coefficient (Wildman–Crippen LogP) is 3.37. The van der Waals surface area contributed by atoms with Gasteiger partial charge in [0.1, 0.15) is 10.4 Å². The fourth-order valence-corrected chi connectivity index (χ4v) is 3.32. The Balaban J connectivity index is 2.27. The van der Waals surface area contributed by atoms with E-state index in [4.69, 9.17) is 27.0 Å². The number of carbonyl (C=O) groups excluding carboxylic acids is 1. The van der Waals surface area contributed by atoms with Crippen LogP contribution in [-0.2, 0) is 4.79 Å². The van der Waals surface area contributed by atoms with Crippen LogP contribution in [-0.4, -0.2) is 34.9 Å². The van der Waals surface area contributed by atoms with E-state index in [2.05, 4.69) is 6.58 Å². The van der Waals surface area contributed by atoms with E-state index in [9.17, 15) is 4.79 Å². The molecule has 1 aliphatic rings. The topological polar surface area (TPSA) is 62.6 Å². The molecule has 0 unspecified atom stereocenters. The zero-order chi connectivity index (χ0) is 17.5. The van der Waals surface area contributed by atoms with E-state index in [0.717, 1.165) is 5.56 Å². The van der Waals surface area contributed by atoms with Crippen LogP contribution in [0.1, 0.15) is 12.5 Å². The molecule has 1 fully saturated rings. The van der Waals surface area contributed by atoms with Crippen molar-refractivity contribution in [3.8, 4) is 17.6 Å². The molecule has 0 spiro atoms. The number of rotatable bonds is 7. The average molecular weight is 360 g/mol. The van der Waals surface area contributed by atoms with Gasteiger partial charge in [-0.15, -0.1) is 6.58 Å². The van der Waals surface area contributed by atoms with Gasteiger partial charge in [0.05, 0.1) is 11.5 Å². The maximum atomic E-state index is 12.3. The minimum Gasteiger partial charge on any atom is -0.490 e. The van der Waals surface area contributed by atoms with Gasteiger partial charge in [-0.2, -0.15) is 5.26 Å². The molecule has 5 nitrogen and oxygen atoms in total. The predicted molar refractivity (Wildman–Crippen MR) is 98.8 cm³/mol. The summed E-state index contributed by atoms with van der Waals surface area (Å²) in [6.45, 7) is 6.30. The highest BCUT2D eigenvalue weighted by molar-refractivity contribution is 8.26. The van der Waals surface area contributed by atoms with Crippen molar-refractivity contribution in [1.29, 1.82) is 5.26 Å². The monoisotopic (exact) mass is 360 g/mol. The first-order valence-corrected chi connectivity index (χ1v) is 8.46. The molecule has 1 amide bonds. The maximum absolute atomic E-state index is 12.3. The summed E-state index contributed by atoms with van der Waals surface area (Å²) >= 11 is 6.48. The Kier molecular flexibility index (Phi) is 6.41. The van der Waals surface area contributed by atoms with Crippen LogP contribution in [0.2, 0.25) is 0 Å². The van der Waals surface area contributed by atoms with Crippen molar-refractivity contribution < 1.29 is 14.3 Å². The normalized spacial score (nSPS) is 15.5. The molecule has 0 aromatic heterocycles. The fourth-order valence-electron chi connectivity index (χ4n) is 2.05. The molecule has 0 bridgehead atoms. The van der Waals surface area contributed by atoms with E-state index in [1.54, 1.807) is 30.4 Å². The van der Waals surface area contributed by atoms with E-state index in [1.165, 1.54) is 16.7 Å². The van der Waals surface area contributed by atoms with Crippen molar-refractivity contribution in [2.75, 3.05) is 19.8 Å². The van der Waals surface area contributed by atoms with E-state index in [0.29, 0.717) is 33.9 Å². The molecule has 1 aromatic rings. The molecular formula is C17H16N2O3S2. The van der Waals surface area contributed by atoms with Gasteiger partial charge in [0.15, 0.2) is 18.1 Å². The van der Waals surface area contributed by atoms with Crippen molar-refractivity contribution >= 4 is 40.3 Å². The Labute approximate surface area is 150 Å². The zero-order valence-corrected chi connectivity index (χ0v) is 14.8. The van der Waals surface area contributed by atoms with Crippen molar-refractivity contribution in [3.05, 3.63) is 41.3 Å². The third-order valence-corrected chi connectivity index (χ3v) is 4.42. The van der Waals surface area contributed by atoms with Crippen molar-refractivity contribution in [3.63, 3.8) is 0 Å². The lowest BCUT2D eigenvalue weighted by Crippen LogP contribution is -2.27. The summed E-state index contributed by atoms with van der Waals surface area (Å²) in [5.74, 6) is 0.894. The van der Waals surface area contributed by atoms with Crippen LogP contribution in [0.25, 0.3) is 6.08 Å². The highest BCUT2D eigenvalue weighted by Crippen LogP contribution is 2.34. The molecule has 24 heavy (non-hydrogen) atoms. The number of carbonyl (C=O) groups is 1. The fraction of sp³-hybridized carbons (Fsp3) is 0.235. The number of benzene rings is 1. The van der Waals surface area contributed by atoms with Crippen LogP contribution in [0.5, 0.6) is 11.5 Å². The molecule has 1 aromatic carbocycles. The van der Waals surface area contributed by atoms with Gasteiger partial charge < -0.3 is 9.47 Å². The second-order valence-electron chi connectivity index (χ2n) is 4.67. The third-order valence-electron chi connectivity index (χ3n) is 3.04. The molecular weight excluding hydrogens is 344 g/mol. The summed E-state index contributed by atoms with van der Waals surface area (Å²) in [4.78, 5) is 14.4. The summed E-state index contributed by atoms with van der Waals surface area (Å²) in [7, 11) is 0. The van der Waals surface area contributed by atoms with Gasteiger partial charge in [-0.3, -0.25) is 9.69 Å². The average Bonchev–Trinajstić information content (AvgIpc) is 2.82. The summed E-state index contributed by atoms with van der Waals surface area (Å²) < 4.78 is 11.4. The Morgan fingerprint density at radius 1 is 1.42 bits per heavy atom. The van der Waals surface area contributed by atoms with Gasteiger partial charge >= 0.3 is 0 Å². The lowest BCUT2D eigenvalue weighted by Gasteiger charge is -2.11. The van der Waals surface area contributed by atoms with Crippen molar-refractivity contribution in [2.24, 2.45) is 0 Å². The quantitative estimate of drug-likeness (QED) is 0.422. The molecule has 7 heteroatoms. The molecule has 0 aliphatic carbocycles. The van der Waals surface area contributed by atoms with Gasteiger partial charge in [-0.05, 0) is 30.7 Å². The van der Waals surface area contributed by atoms with Gasteiger partial charge in [0.25, 0.3) is 5.91 Å². The van der Waals surface area contributed by atoms with E-state index < -0.39 is 0 Å². The minimum absolute atomic E-state index is 0.0559. The van der Waals surface area contributed by atoms with E-state index >= 15 is 0 Å². The number of thioether (sulfide) groups is 1. The number of ether oxygens (including phenoxy) is 2. The highest BCUT2D eigenvalue weighted by Gasteiger charge is 2.30. The summed E-state index contributed by atoms with van der Waals surface area (Å²) in [6.07, 6.45) is 3.40. The molecule has 1 heterocycles. The third kappa shape index (κ3) is 4.16. The highest BCUT2D eigenvalue weighted by atomic mass is 32.2. The van der Waals surface area contributed by atoms with Gasteiger partial charge in [0, 0.05) is 6.54 Å². The van der Waals surface area contributed by atoms with Crippen LogP contribution in [0.15, 0.2) is 35.8 Å². The number of nitriles is 1. The second kappa shape index (κ2) is 8.52. The molecule has 1 aliphatic heterocycles. The molecule has 0 atom stereocenters. The maximum Gasteiger partial charge on any atom is 0.266 e. The Morgan fingerprint density at radius 2 is 2.21 bits per heavy atom. The number of hydrogen-bond donors (Lipinski definition) is 0. The van der Waals surface area contributed by atoms with Crippen molar-refractivity contribution in [1.82, 2.24) is 4.90 Å². The van der Waals surface area contributed by atoms with Crippen LogP contribution in [0, 0.1) is 11.3 Å². The van der Waals surface area contributed by atoms with Crippen LogP contribution in [0.4, 0.5) is 0 Å². The van der Waals surface area contributed by atoms with Crippen molar-refractivity contribution in [2.45, 2.75) is 6.92 Å². The SMILES string of the molecule is C=CCN1C(=O)/C(=C\c2ccc(OCC#N)c(OCC)c2)SC1=S. The van der Waals surface area contributed by atoms with Gasteiger partial charge in [0.2, 0.25) is 0 Å². The first-order chi connectivity index (χ1) is 11.6. The molecule has 0 radical (unpaired) electrons. The largest absolute Gasteiger partial charge is 0.490 e. The number of thiocarbonyl (C=S) groups is 1. The Morgan fingerprint density at radius 3 is 2.88 bits per heavy atom. The number of amides is 1. The number of hydrogen-bond acceptors (Lipinski definition) is 6. The number of nitrogens with zero attached hydrogens (tertiary/aromatic N) is 2. The first-order valence-electron chi connectivity index (χ1n) is 7.23. The molecule has 0 N–H and O–H groups in total. The summed E-state index contributed by atoms with van der Waals surface area (Å²) in [5.41, 5.74) is 0.793. The Hall–Kier alpha value is -2.30. The van der Waals surface area contributed by atoms with Crippen LogP contribution >= 0.6 is 24.0 Å². The summed E-state index contributed by atoms with van der Waals surface area (Å²) in [5, 5.41) is 8.63. The summed E-state index contributed by atoms with van der Waals surface area (Å²) in [6, 6.07) is 7.22. The van der Waals surface area contributed by atoms with Gasteiger partial charge in [-0.25, -0.2) is 0 Å². The minimum atomic E-state index is -0.132. The zero-order valence-electron chi connectivity index (χ0n) is 13.2. The first kappa shape index (κ1) is 18.0. The Bertz CT molecular complexity index is 738. The van der Waals surface area contributed by atoms with Crippen LogP contribution in [0.3, 0.4) is 0 Å². The second-order valence-corrected chi connectivity index (χ2v) is 6.34. The lowest BCUT2D eigenvalue weighted by atomic mass is 10.2. The molecule has 2 rings (SSSR count). The standard InChI is InChI=1S/C17H16N2O3S2/c1-3-8-19-16(20)15(24-17(19)23)11-12-5-6-13(22-9-7-18)14(10-12)21-4-2/h3,5-6,10-11H,1,4,8-9H2,2H3/b15-11+. The van der Waals surface area contributed by atoms with E-state index in [-0.39, 0.29) is 12.5 Å². The lowest BCUT2D eigenvalue weighted by molar-refractivity contribution is -0.121.